The van der Waals surface area contributed by atoms with Crippen LogP contribution in [-0.4, -0.2) is 32.1 Å². The van der Waals surface area contributed by atoms with Gasteiger partial charge in [-0.25, -0.2) is 4.39 Å². The summed E-state index contributed by atoms with van der Waals surface area (Å²) < 4.78 is 24.7. The van der Waals surface area contributed by atoms with Crippen molar-refractivity contribution in [3.63, 3.8) is 0 Å². The third-order valence-corrected chi connectivity index (χ3v) is 4.35. The smallest absolute Gasteiger partial charge is 0.150 e. The SMILES string of the molecule is CN(C)CCCOc1ccc(CNc2ccccc2Oc2ccc(F)cc2)cc1. The van der Waals surface area contributed by atoms with Crippen LogP contribution in [0.4, 0.5) is 10.1 Å². The molecule has 3 aromatic rings. The van der Waals surface area contributed by atoms with Crippen molar-refractivity contribution < 1.29 is 13.9 Å². The Bertz CT molecular complexity index is 880. The molecule has 0 bridgehead atoms. The van der Waals surface area contributed by atoms with E-state index in [4.69, 9.17) is 9.47 Å². The number of nitrogens with one attached hydrogen (secondary N) is 1. The van der Waals surface area contributed by atoms with Crippen LogP contribution in [0.3, 0.4) is 0 Å². The highest BCUT2D eigenvalue weighted by atomic mass is 19.1. The maximum absolute atomic E-state index is 13.1. The second-order valence-electron chi connectivity index (χ2n) is 7.05. The monoisotopic (exact) mass is 394 g/mol. The first-order chi connectivity index (χ1) is 14.1. The molecule has 0 amide bonds. The molecule has 0 aliphatic heterocycles. The van der Waals surface area contributed by atoms with Gasteiger partial charge in [-0.2, -0.15) is 0 Å². The molecule has 5 heteroatoms. The van der Waals surface area contributed by atoms with E-state index in [-0.39, 0.29) is 5.82 Å². The molecule has 4 nitrogen and oxygen atoms in total. The summed E-state index contributed by atoms with van der Waals surface area (Å²) in [6.45, 7) is 2.38. The van der Waals surface area contributed by atoms with Crippen LogP contribution in [0.1, 0.15) is 12.0 Å². The average Bonchev–Trinajstić information content (AvgIpc) is 2.73. The van der Waals surface area contributed by atoms with Gasteiger partial charge in [0, 0.05) is 13.1 Å². The van der Waals surface area contributed by atoms with E-state index in [1.54, 1.807) is 12.1 Å². The molecule has 29 heavy (non-hydrogen) atoms. The summed E-state index contributed by atoms with van der Waals surface area (Å²) in [7, 11) is 4.12. The fraction of sp³-hybridized carbons (Fsp3) is 0.250. The number of hydrogen-bond acceptors (Lipinski definition) is 4. The molecule has 0 aromatic heterocycles. The molecule has 0 unspecified atom stereocenters. The van der Waals surface area contributed by atoms with Crippen LogP contribution in [0.5, 0.6) is 17.2 Å². The van der Waals surface area contributed by atoms with Gasteiger partial charge in [0.1, 0.15) is 17.3 Å². The van der Waals surface area contributed by atoms with E-state index in [1.165, 1.54) is 12.1 Å². The number of anilines is 1. The first kappa shape index (κ1) is 20.7. The van der Waals surface area contributed by atoms with E-state index >= 15 is 0 Å². The fourth-order valence-corrected chi connectivity index (χ4v) is 2.80. The van der Waals surface area contributed by atoms with Gasteiger partial charge >= 0.3 is 0 Å². The lowest BCUT2D eigenvalue weighted by Gasteiger charge is -2.14. The predicted octanol–water partition coefficient (Wildman–Crippen LogP) is 5.56. The quantitative estimate of drug-likeness (QED) is 0.457. The minimum Gasteiger partial charge on any atom is -0.494 e. The maximum Gasteiger partial charge on any atom is 0.150 e. The molecule has 0 spiro atoms. The average molecular weight is 394 g/mol. The van der Waals surface area contributed by atoms with Crippen LogP contribution in [-0.2, 0) is 6.54 Å². The van der Waals surface area contributed by atoms with Gasteiger partial charge in [-0.3, -0.25) is 0 Å². The number of hydrogen-bond donors (Lipinski definition) is 1. The number of ether oxygens (including phenoxy) is 2. The molecule has 0 saturated carbocycles. The zero-order chi connectivity index (χ0) is 20.5. The van der Waals surface area contributed by atoms with E-state index < -0.39 is 0 Å². The molecular formula is C24H27FN2O2. The van der Waals surface area contributed by atoms with Gasteiger partial charge in [-0.1, -0.05) is 24.3 Å². The fourth-order valence-electron chi connectivity index (χ4n) is 2.80. The van der Waals surface area contributed by atoms with E-state index in [2.05, 4.69) is 36.4 Å². The van der Waals surface area contributed by atoms with Gasteiger partial charge in [0.2, 0.25) is 0 Å². The second-order valence-corrected chi connectivity index (χ2v) is 7.05. The summed E-state index contributed by atoms with van der Waals surface area (Å²) in [5.74, 6) is 1.89. The molecule has 0 aliphatic carbocycles. The molecule has 0 aliphatic rings. The zero-order valence-corrected chi connectivity index (χ0v) is 16.9. The first-order valence-electron chi connectivity index (χ1n) is 9.73. The maximum atomic E-state index is 13.1. The zero-order valence-electron chi connectivity index (χ0n) is 16.9. The van der Waals surface area contributed by atoms with Crippen molar-refractivity contribution in [2.45, 2.75) is 13.0 Å². The lowest BCUT2D eigenvalue weighted by atomic mass is 10.2. The van der Waals surface area contributed by atoms with E-state index in [9.17, 15) is 4.39 Å². The largest absolute Gasteiger partial charge is 0.494 e. The van der Waals surface area contributed by atoms with Crippen LogP contribution in [0.15, 0.2) is 72.8 Å². The summed E-state index contributed by atoms with van der Waals surface area (Å²) in [4.78, 5) is 2.15. The number of halogens is 1. The number of para-hydroxylation sites is 2. The molecule has 0 atom stereocenters. The highest BCUT2D eigenvalue weighted by Crippen LogP contribution is 2.29. The lowest BCUT2D eigenvalue weighted by molar-refractivity contribution is 0.281. The van der Waals surface area contributed by atoms with E-state index in [1.807, 2.05) is 36.4 Å². The van der Waals surface area contributed by atoms with Gasteiger partial charge in [0.25, 0.3) is 0 Å². The highest BCUT2D eigenvalue weighted by molar-refractivity contribution is 5.57. The molecule has 0 heterocycles. The van der Waals surface area contributed by atoms with Crippen molar-refractivity contribution in [1.82, 2.24) is 4.90 Å². The van der Waals surface area contributed by atoms with E-state index in [0.29, 0.717) is 24.7 Å². The summed E-state index contributed by atoms with van der Waals surface area (Å²) in [6.07, 6.45) is 1.00. The van der Waals surface area contributed by atoms with Crippen molar-refractivity contribution in [2.24, 2.45) is 0 Å². The summed E-state index contributed by atoms with van der Waals surface area (Å²) >= 11 is 0. The predicted molar refractivity (Wildman–Crippen MR) is 115 cm³/mol. The Morgan fingerprint density at radius 1 is 0.862 bits per heavy atom. The second kappa shape index (κ2) is 10.5. The molecular weight excluding hydrogens is 367 g/mol. The molecule has 3 aromatic carbocycles. The van der Waals surface area contributed by atoms with Gasteiger partial charge in [0.05, 0.1) is 12.3 Å². The minimum atomic E-state index is -0.283. The molecule has 0 fully saturated rings. The molecule has 0 saturated heterocycles. The molecule has 1 N–H and O–H groups in total. The topological polar surface area (TPSA) is 33.7 Å². The Morgan fingerprint density at radius 3 is 2.28 bits per heavy atom. The standard InChI is InChI=1S/C24H27FN2O2/c1-27(2)16-5-17-28-21-12-8-19(9-13-21)18-26-23-6-3-4-7-24(23)29-22-14-10-20(25)11-15-22/h3-4,6-15,26H,5,16-18H2,1-2H3. The summed E-state index contributed by atoms with van der Waals surface area (Å²) in [5, 5.41) is 3.40. The Morgan fingerprint density at radius 2 is 1.55 bits per heavy atom. The van der Waals surface area contributed by atoms with Gasteiger partial charge in [-0.15, -0.1) is 0 Å². The lowest BCUT2D eigenvalue weighted by Crippen LogP contribution is -2.15. The summed E-state index contributed by atoms with van der Waals surface area (Å²) in [5.41, 5.74) is 2.02. The normalized spacial score (nSPS) is 10.8. The Hall–Kier alpha value is -3.05. The van der Waals surface area contributed by atoms with Crippen LogP contribution in [0, 0.1) is 5.82 Å². The van der Waals surface area contributed by atoms with Crippen molar-refractivity contribution in [2.75, 3.05) is 32.6 Å². The number of benzene rings is 3. The van der Waals surface area contributed by atoms with E-state index in [0.717, 1.165) is 30.0 Å². The van der Waals surface area contributed by atoms with Crippen LogP contribution in [0.25, 0.3) is 0 Å². The van der Waals surface area contributed by atoms with Crippen molar-refractivity contribution in [1.29, 1.82) is 0 Å². The van der Waals surface area contributed by atoms with Crippen molar-refractivity contribution in [3.8, 4) is 17.2 Å². The Balaban J connectivity index is 1.54. The third-order valence-electron chi connectivity index (χ3n) is 4.35. The van der Waals surface area contributed by atoms with Crippen molar-refractivity contribution in [3.05, 3.63) is 84.2 Å². The number of rotatable bonds is 10. The molecule has 152 valence electrons. The van der Waals surface area contributed by atoms with Gasteiger partial charge in [-0.05, 0) is 74.6 Å². The van der Waals surface area contributed by atoms with Crippen molar-refractivity contribution >= 4 is 5.69 Å². The first-order valence-corrected chi connectivity index (χ1v) is 9.73. The van der Waals surface area contributed by atoms with Gasteiger partial charge in [0.15, 0.2) is 5.75 Å². The van der Waals surface area contributed by atoms with Crippen LogP contribution < -0.4 is 14.8 Å². The van der Waals surface area contributed by atoms with Crippen LogP contribution >= 0.6 is 0 Å². The van der Waals surface area contributed by atoms with Gasteiger partial charge < -0.3 is 19.7 Å². The number of nitrogens with zero attached hydrogens (tertiary/aromatic N) is 1. The summed E-state index contributed by atoms with van der Waals surface area (Å²) in [6, 6.07) is 21.8. The molecule has 3 rings (SSSR count). The third kappa shape index (κ3) is 6.80. The highest BCUT2D eigenvalue weighted by Gasteiger charge is 2.05. The minimum absolute atomic E-state index is 0.283. The molecule has 0 radical (unpaired) electrons. The Labute approximate surface area is 171 Å². The van der Waals surface area contributed by atoms with Crippen LogP contribution in [0.2, 0.25) is 0 Å². The Kier molecular flexibility index (Phi) is 7.47.